The van der Waals surface area contributed by atoms with Crippen molar-refractivity contribution >= 4 is 11.6 Å². The molecule has 1 amide bonds. The van der Waals surface area contributed by atoms with E-state index in [1.807, 2.05) is 24.3 Å². The van der Waals surface area contributed by atoms with Crippen molar-refractivity contribution in [3.63, 3.8) is 0 Å². The summed E-state index contributed by atoms with van der Waals surface area (Å²) < 4.78 is 6.63. The van der Waals surface area contributed by atoms with Crippen molar-refractivity contribution in [1.82, 2.24) is 19.7 Å². The quantitative estimate of drug-likeness (QED) is 0.752. The van der Waals surface area contributed by atoms with Gasteiger partial charge in [0.15, 0.2) is 0 Å². The molecule has 0 fully saturated rings. The number of carbonyl (C=O) groups excluding carboxylic acids is 1. The Morgan fingerprint density at radius 2 is 1.96 bits per heavy atom. The van der Waals surface area contributed by atoms with E-state index in [1.165, 1.54) is 4.68 Å². The molecule has 0 bridgehead atoms. The summed E-state index contributed by atoms with van der Waals surface area (Å²) in [7, 11) is 1.63. The van der Waals surface area contributed by atoms with Gasteiger partial charge in [-0.2, -0.15) is 5.10 Å². The third-order valence-electron chi connectivity index (χ3n) is 3.42. The summed E-state index contributed by atoms with van der Waals surface area (Å²) in [6.45, 7) is 0. The van der Waals surface area contributed by atoms with Crippen LogP contribution in [-0.4, -0.2) is 32.8 Å². The number of nitrogens with zero attached hydrogens (tertiary/aromatic N) is 4. The molecule has 1 aromatic carbocycles. The monoisotopic (exact) mass is 323 g/mol. The number of aryl methyl sites for hydroxylation is 1. The Kier molecular flexibility index (Phi) is 4.81. The summed E-state index contributed by atoms with van der Waals surface area (Å²) in [5.74, 6) is 1.19. The molecule has 0 radical (unpaired) electrons. The standard InChI is InChI=1S/C17H17N5O2/c1-24-15-6-3-13(4-7-15)5-8-16(23)21-14-11-20-22(12-14)17-18-9-2-10-19-17/h2-4,6-7,9-12H,5,8H2,1H3,(H,21,23). The minimum Gasteiger partial charge on any atom is -0.497 e. The van der Waals surface area contributed by atoms with Gasteiger partial charge in [0.2, 0.25) is 11.9 Å². The predicted molar refractivity (Wildman–Crippen MR) is 89.1 cm³/mol. The summed E-state index contributed by atoms with van der Waals surface area (Å²) in [6.07, 6.45) is 7.57. The van der Waals surface area contributed by atoms with Crippen LogP contribution in [0.1, 0.15) is 12.0 Å². The van der Waals surface area contributed by atoms with E-state index < -0.39 is 0 Å². The molecule has 0 saturated heterocycles. The fourth-order valence-corrected chi connectivity index (χ4v) is 2.18. The molecule has 7 heteroatoms. The van der Waals surface area contributed by atoms with E-state index in [-0.39, 0.29) is 5.91 Å². The van der Waals surface area contributed by atoms with E-state index >= 15 is 0 Å². The second kappa shape index (κ2) is 7.36. The first-order chi connectivity index (χ1) is 11.7. The van der Waals surface area contributed by atoms with Crippen molar-refractivity contribution in [2.24, 2.45) is 0 Å². The van der Waals surface area contributed by atoms with Crippen molar-refractivity contribution in [3.05, 3.63) is 60.7 Å². The fourth-order valence-electron chi connectivity index (χ4n) is 2.18. The highest BCUT2D eigenvalue weighted by molar-refractivity contribution is 5.90. The van der Waals surface area contributed by atoms with Crippen LogP contribution in [0.15, 0.2) is 55.1 Å². The molecule has 1 N–H and O–H groups in total. The SMILES string of the molecule is COc1ccc(CCC(=O)Nc2cnn(-c3ncccn3)c2)cc1. The van der Waals surface area contributed by atoms with Crippen LogP contribution in [-0.2, 0) is 11.2 Å². The summed E-state index contributed by atoms with van der Waals surface area (Å²) >= 11 is 0. The van der Waals surface area contributed by atoms with Crippen molar-refractivity contribution < 1.29 is 9.53 Å². The molecule has 0 atom stereocenters. The number of carbonyl (C=O) groups is 1. The van der Waals surface area contributed by atoms with Crippen molar-refractivity contribution in [2.45, 2.75) is 12.8 Å². The Morgan fingerprint density at radius 1 is 1.21 bits per heavy atom. The first kappa shape index (κ1) is 15.7. The Balaban J connectivity index is 1.54. The van der Waals surface area contributed by atoms with E-state index in [0.717, 1.165) is 11.3 Å². The Bertz CT molecular complexity index is 799. The Morgan fingerprint density at radius 3 is 2.67 bits per heavy atom. The second-order valence-corrected chi connectivity index (χ2v) is 5.12. The lowest BCUT2D eigenvalue weighted by atomic mass is 10.1. The van der Waals surface area contributed by atoms with Gasteiger partial charge in [0.25, 0.3) is 0 Å². The number of methoxy groups -OCH3 is 1. The maximum Gasteiger partial charge on any atom is 0.250 e. The molecule has 122 valence electrons. The second-order valence-electron chi connectivity index (χ2n) is 5.12. The smallest absolute Gasteiger partial charge is 0.250 e. The first-order valence-corrected chi connectivity index (χ1v) is 7.49. The lowest BCUT2D eigenvalue weighted by molar-refractivity contribution is -0.116. The third-order valence-corrected chi connectivity index (χ3v) is 3.42. The van der Waals surface area contributed by atoms with Crippen LogP contribution < -0.4 is 10.1 Å². The average molecular weight is 323 g/mol. The number of hydrogen-bond acceptors (Lipinski definition) is 5. The molecule has 0 aliphatic rings. The van der Waals surface area contributed by atoms with E-state index in [0.29, 0.717) is 24.5 Å². The molecular weight excluding hydrogens is 306 g/mol. The average Bonchev–Trinajstić information content (AvgIpc) is 3.09. The van der Waals surface area contributed by atoms with Gasteiger partial charge in [-0.05, 0) is 30.2 Å². The van der Waals surface area contributed by atoms with Gasteiger partial charge in [-0.25, -0.2) is 14.6 Å². The zero-order chi connectivity index (χ0) is 16.8. The maximum atomic E-state index is 12.1. The highest BCUT2D eigenvalue weighted by Gasteiger charge is 2.07. The molecule has 2 heterocycles. The number of rotatable bonds is 6. The van der Waals surface area contributed by atoms with Crippen molar-refractivity contribution in [1.29, 1.82) is 0 Å². The third kappa shape index (κ3) is 3.95. The number of ether oxygens (including phenoxy) is 1. The Labute approximate surface area is 139 Å². The van der Waals surface area contributed by atoms with E-state index in [9.17, 15) is 4.79 Å². The van der Waals surface area contributed by atoms with Gasteiger partial charge >= 0.3 is 0 Å². The van der Waals surface area contributed by atoms with Gasteiger partial charge in [0.05, 0.1) is 25.2 Å². The summed E-state index contributed by atoms with van der Waals surface area (Å²) in [6, 6.07) is 9.41. The molecule has 0 aliphatic heterocycles. The van der Waals surface area contributed by atoms with E-state index in [4.69, 9.17) is 4.74 Å². The molecule has 0 saturated carbocycles. The number of nitrogens with one attached hydrogen (secondary N) is 1. The summed E-state index contributed by atoms with van der Waals surface area (Å²) in [4.78, 5) is 20.2. The first-order valence-electron chi connectivity index (χ1n) is 7.49. The minimum atomic E-state index is -0.0700. The van der Waals surface area contributed by atoms with Gasteiger partial charge in [0, 0.05) is 18.8 Å². The van der Waals surface area contributed by atoms with Gasteiger partial charge in [-0.15, -0.1) is 0 Å². The molecule has 24 heavy (non-hydrogen) atoms. The molecule has 0 unspecified atom stereocenters. The lowest BCUT2D eigenvalue weighted by Crippen LogP contribution is -2.11. The van der Waals surface area contributed by atoms with Crippen LogP contribution in [0.2, 0.25) is 0 Å². The molecule has 0 aliphatic carbocycles. The number of anilines is 1. The number of hydrogen-bond donors (Lipinski definition) is 1. The zero-order valence-electron chi connectivity index (χ0n) is 13.2. The molecule has 0 spiro atoms. The van der Waals surface area contributed by atoms with Gasteiger partial charge < -0.3 is 10.1 Å². The molecule has 2 aromatic heterocycles. The topological polar surface area (TPSA) is 81.9 Å². The molecule has 7 nitrogen and oxygen atoms in total. The molecule has 3 rings (SSSR count). The lowest BCUT2D eigenvalue weighted by Gasteiger charge is -2.04. The summed E-state index contributed by atoms with van der Waals surface area (Å²) in [5.41, 5.74) is 1.70. The highest BCUT2D eigenvalue weighted by Crippen LogP contribution is 2.13. The van der Waals surface area contributed by atoms with Gasteiger partial charge in [-0.3, -0.25) is 4.79 Å². The van der Waals surface area contributed by atoms with Gasteiger partial charge in [0.1, 0.15) is 5.75 Å². The van der Waals surface area contributed by atoms with Crippen LogP contribution in [0.25, 0.3) is 5.95 Å². The van der Waals surface area contributed by atoms with Crippen molar-refractivity contribution in [2.75, 3.05) is 12.4 Å². The largest absolute Gasteiger partial charge is 0.497 e. The minimum absolute atomic E-state index is 0.0700. The normalized spacial score (nSPS) is 10.4. The van der Waals surface area contributed by atoms with Gasteiger partial charge in [-0.1, -0.05) is 12.1 Å². The molecule has 3 aromatic rings. The molecular formula is C17H17N5O2. The zero-order valence-corrected chi connectivity index (χ0v) is 13.2. The predicted octanol–water partition coefficient (Wildman–Crippen LogP) is 2.24. The van der Waals surface area contributed by atoms with E-state index in [1.54, 1.807) is 38.0 Å². The van der Waals surface area contributed by atoms with Crippen LogP contribution in [0.4, 0.5) is 5.69 Å². The van der Waals surface area contributed by atoms with Crippen molar-refractivity contribution in [3.8, 4) is 11.7 Å². The maximum absolute atomic E-state index is 12.1. The van der Waals surface area contributed by atoms with Crippen LogP contribution in [0.5, 0.6) is 5.75 Å². The fraction of sp³-hybridized carbons (Fsp3) is 0.176. The Hall–Kier alpha value is -3.22. The summed E-state index contributed by atoms with van der Waals surface area (Å²) in [5, 5.41) is 6.96. The van der Waals surface area contributed by atoms with Crippen LogP contribution in [0, 0.1) is 0 Å². The number of benzene rings is 1. The van der Waals surface area contributed by atoms with Crippen LogP contribution in [0.3, 0.4) is 0 Å². The van der Waals surface area contributed by atoms with E-state index in [2.05, 4.69) is 20.4 Å². The number of aromatic nitrogens is 4. The highest BCUT2D eigenvalue weighted by atomic mass is 16.5. The van der Waals surface area contributed by atoms with Crippen LogP contribution >= 0.6 is 0 Å². The number of amides is 1.